The van der Waals surface area contributed by atoms with Crippen LogP contribution in [0.1, 0.15) is 20.8 Å². The lowest BCUT2D eigenvalue weighted by Crippen LogP contribution is -2.40. The Bertz CT molecular complexity index is 171. The molecule has 3 heteroatoms. The molecule has 0 aromatic carbocycles. The van der Waals surface area contributed by atoms with Crippen LogP contribution in [0.15, 0.2) is 0 Å². The van der Waals surface area contributed by atoms with Crippen LogP contribution in [0.25, 0.3) is 0 Å². The first-order valence-corrected chi connectivity index (χ1v) is 6.69. The van der Waals surface area contributed by atoms with Crippen molar-refractivity contribution in [1.82, 2.24) is 4.90 Å². The van der Waals surface area contributed by atoms with E-state index in [1.807, 2.05) is 0 Å². The summed E-state index contributed by atoms with van der Waals surface area (Å²) in [7, 11) is 0. The van der Waals surface area contributed by atoms with E-state index in [1.54, 1.807) is 0 Å². The van der Waals surface area contributed by atoms with Crippen LogP contribution < -0.4 is 5.73 Å². The van der Waals surface area contributed by atoms with Gasteiger partial charge in [-0.25, -0.2) is 0 Å². The van der Waals surface area contributed by atoms with E-state index < -0.39 is 0 Å². The van der Waals surface area contributed by atoms with Crippen LogP contribution >= 0.6 is 11.8 Å². The van der Waals surface area contributed by atoms with Gasteiger partial charge >= 0.3 is 0 Å². The predicted octanol–water partition coefficient (Wildman–Crippen LogP) is 1.66. The van der Waals surface area contributed by atoms with Gasteiger partial charge in [0, 0.05) is 25.4 Å². The number of hydrogen-bond acceptors (Lipinski definition) is 3. The lowest BCUT2D eigenvalue weighted by atomic mass is 9.93. The summed E-state index contributed by atoms with van der Waals surface area (Å²) in [5, 5.41) is 0. The van der Waals surface area contributed by atoms with Crippen LogP contribution in [0.5, 0.6) is 0 Å². The number of rotatable bonds is 3. The monoisotopic (exact) mass is 216 g/mol. The van der Waals surface area contributed by atoms with Gasteiger partial charge in [0.15, 0.2) is 0 Å². The molecular weight excluding hydrogens is 192 g/mol. The Kier molecular flexibility index (Phi) is 4.74. The lowest BCUT2D eigenvalue weighted by Gasteiger charge is -2.31. The van der Waals surface area contributed by atoms with E-state index >= 15 is 0 Å². The molecule has 1 saturated heterocycles. The molecule has 1 fully saturated rings. The van der Waals surface area contributed by atoms with Gasteiger partial charge in [-0.3, -0.25) is 0 Å². The van der Waals surface area contributed by atoms with E-state index in [2.05, 4.69) is 37.4 Å². The van der Waals surface area contributed by atoms with Crippen molar-refractivity contribution in [2.45, 2.75) is 20.8 Å². The van der Waals surface area contributed by atoms with E-state index in [9.17, 15) is 0 Å². The Morgan fingerprint density at radius 1 is 1.50 bits per heavy atom. The maximum atomic E-state index is 5.77. The number of hydrogen-bond donors (Lipinski definition) is 1. The first-order valence-electron chi connectivity index (χ1n) is 5.54. The van der Waals surface area contributed by atoms with Gasteiger partial charge in [0.1, 0.15) is 0 Å². The molecule has 0 amide bonds. The largest absolute Gasteiger partial charge is 0.330 e. The van der Waals surface area contributed by atoms with Crippen LogP contribution in [0.4, 0.5) is 0 Å². The molecule has 1 rings (SSSR count). The molecule has 1 aliphatic heterocycles. The normalized spacial score (nSPS) is 26.1. The molecule has 0 aromatic heterocycles. The smallest absolute Gasteiger partial charge is 0.00727 e. The highest BCUT2D eigenvalue weighted by molar-refractivity contribution is 7.99. The molecule has 1 unspecified atom stereocenters. The molecule has 1 atom stereocenters. The van der Waals surface area contributed by atoms with Crippen LogP contribution in [-0.4, -0.2) is 42.6 Å². The van der Waals surface area contributed by atoms with Gasteiger partial charge in [0.05, 0.1) is 0 Å². The fraction of sp³-hybridized carbons (Fsp3) is 1.00. The third-order valence-electron chi connectivity index (χ3n) is 2.73. The molecule has 2 nitrogen and oxygen atoms in total. The molecule has 14 heavy (non-hydrogen) atoms. The summed E-state index contributed by atoms with van der Waals surface area (Å²) in [4.78, 5) is 2.58. The second kappa shape index (κ2) is 5.38. The second-order valence-electron chi connectivity index (χ2n) is 5.28. The van der Waals surface area contributed by atoms with E-state index in [1.165, 1.54) is 24.6 Å². The summed E-state index contributed by atoms with van der Waals surface area (Å²) < 4.78 is 0. The van der Waals surface area contributed by atoms with E-state index in [-0.39, 0.29) is 5.41 Å². The molecule has 0 radical (unpaired) electrons. The summed E-state index contributed by atoms with van der Waals surface area (Å²) in [5.41, 5.74) is 6.04. The van der Waals surface area contributed by atoms with Crippen molar-refractivity contribution in [2.24, 2.45) is 17.1 Å². The quantitative estimate of drug-likeness (QED) is 0.778. The summed E-state index contributed by atoms with van der Waals surface area (Å²) in [5.74, 6) is 3.43. The minimum Gasteiger partial charge on any atom is -0.330 e. The van der Waals surface area contributed by atoms with Crippen LogP contribution in [-0.2, 0) is 0 Å². The fourth-order valence-corrected chi connectivity index (χ4v) is 2.94. The third kappa shape index (κ3) is 4.20. The first-order chi connectivity index (χ1) is 6.53. The highest BCUT2D eigenvalue weighted by atomic mass is 32.2. The molecule has 2 N–H and O–H groups in total. The molecule has 1 aliphatic rings. The topological polar surface area (TPSA) is 29.3 Å². The average Bonchev–Trinajstić information content (AvgIpc) is 2.29. The summed E-state index contributed by atoms with van der Waals surface area (Å²) in [6.07, 6.45) is 0. The standard InChI is InChI=1S/C11H24N2S/c1-10-6-13(4-5-14-7-10)9-11(2,3)8-12/h10H,4-9,12H2,1-3H3. The zero-order valence-corrected chi connectivity index (χ0v) is 10.6. The number of thioether (sulfide) groups is 1. The third-order valence-corrected chi connectivity index (χ3v) is 4.00. The minimum atomic E-state index is 0.273. The van der Waals surface area contributed by atoms with Crippen LogP contribution in [0.3, 0.4) is 0 Å². The summed E-state index contributed by atoms with van der Waals surface area (Å²) in [6, 6.07) is 0. The van der Waals surface area contributed by atoms with Gasteiger partial charge in [-0.2, -0.15) is 11.8 Å². The summed E-state index contributed by atoms with van der Waals surface area (Å²) >= 11 is 2.09. The van der Waals surface area contributed by atoms with Crippen molar-refractivity contribution in [1.29, 1.82) is 0 Å². The van der Waals surface area contributed by atoms with Crippen molar-refractivity contribution < 1.29 is 0 Å². The van der Waals surface area contributed by atoms with Gasteiger partial charge in [-0.1, -0.05) is 20.8 Å². The maximum Gasteiger partial charge on any atom is 0.00727 e. The maximum absolute atomic E-state index is 5.77. The van der Waals surface area contributed by atoms with Gasteiger partial charge in [0.25, 0.3) is 0 Å². The molecule has 1 heterocycles. The lowest BCUT2D eigenvalue weighted by molar-refractivity contribution is 0.179. The van der Waals surface area contributed by atoms with E-state index in [0.29, 0.717) is 0 Å². The van der Waals surface area contributed by atoms with Gasteiger partial charge in [0.2, 0.25) is 0 Å². The number of nitrogens with two attached hydrogens (primary N) is 1. The number of nitrogens with zero attached hydrogens (tertiary/aromatic N) is 1. The van der Waals surface area contributed by atoms with Crippen LogP contribution in [0.2, 0.25) is 0 Å². The SMILES string of the molecule is CC1CSCCN(CC(C)(C)CN)C1. The van der Waals surface area contributed by atoms with Crippen molar-refractivity contribution in [3.8, 4) is 0 Å². The zero-order chi connectivity index (χ0) is 10.6. The van der Waals surface area contributed by atoms with E-state index in [0.717, 1.165) is 19.0 Å². The Morgan fingerprint density at radius 2 is 2.21 bits per heavy atom. The Hall–Kier alpha value is 0.270. The van der Waals surface area contributed by atoms with Crippen molar-refractivity contribution in [3.63, 3.8) is 0 Å². The minimum absolute atomic E-state index is 0.273. The van der Waals surface area contributed by atoms with Crippen LogP contribution in [0, 0.1) is 11.3 Å². The summed E-state index contributed by atoms with van der Waals surface area (Å²) in [6.45, 7) is 11.3. The Labute approximate surface area is 92.6 Å². The van der Waals surface area contributed by atoms with Crippen molar-refractivity contribution in [2.75, 3.05) is 37.7 Å². The highest BCUT2D eigenvalue weighted by Crippen LogP contribution is 2.20. The molecule has 0 bridgehead atoms. The molecule has 0 aliphatic carbocycles. The molecule has 0 saturated carbocycles. The molecule has 84 valence electrons. The first kappa shape index (κ1) is 12.3. The van der Waals surface area contributed by atoms with Crippen molar-refractivity contribution in [3.05, 3.63) is 0 Å². The molecular formula is C11H24N2S. The molecule has 0 aromatic rings. The van der Waals surface area contributed by atoms with E-state index in [4.69, 9.17) is 5.73 Å². The van der Waals surface area contributed by atoms with Gasteiger partial charge < -0.3 is 10.6 Å². The Balaban J connectivity index is 2.42. The highest BCUT2D eigenvalue weighted by Gasteiger charge is 2.22. The predicted molar refractivity (Wildman–Crippen MR) is 65.8 cm³/mol. The second-order valence-corrected chi connectivity index (χ2v) is 6.43. The van der Waals surface area contributed by atoms with Gasteiger partial charge in [-0.15, -0.1) is 0 Å². The fourth-order valence-electron chi connectivity index (χ4n) is 1.88. The Morgan fingerprint density at radius 3 is 2.86 bits per heavy atom. The van der Waals surface area contributed by atoms with Crippen molar-refractivity contribution >= 4 is 11.8 Å². The average molecular weight is 216 g/mol. The van der Waals surface area contributed by atoms with Gasteiger partial charge in [-0.05, 0) is 23.6 Å². The molecule has 0 spiro atoms. The zero-order valence-electron chi connectivity index (χ0n) is 9.75.